The van der Waals surface area contributed by atoms with Crippen LogP contribution in [0.25, 0.3) is 5.76 Å². The summed E-state index contributed by atoms with van der Waals surface area (Å²) in [7, 11) is 1.60. The molecule has 0 amide bonds. The quantitative estimate of drug-likeness (QED) is 0.323. The first-order valence-electron chi connectivity index (χ1n) is 12.2. The Labute approximate surface area is 225 Å². The van der Waals surface area contributed by atoms with Gasteiger partial charge in [-0.05, 0) is 36.1 Å². The van der Waals surface area contributed by atoms with Crippen LogP contribution in [0.3, 0.4) is 0 Å². The van der Waals surface area contributed by atoms with Gasteiger partial charge in [0.05, 0.1) is 13.0 Å². The second-order valence-corrected chi connectivity index (χ2v) is 11.2. The Kier molecular flexibility index (Phi) is 6.54. The molecule has 1 heterocycles. The van der Waals surface area contributed by atoms with Crippen molar-refractivity contribution in [3.05, 3.63) is 111 Å². The van der Waals surface area contributed by atoms with Crippen LogP contribution >= 0.6 is 15.9 Å². The van der Waals surface area contributed by atoms with Gasteiger partial charge in [-0.1, -0.05) is 84.4 Å². The number of carbonyl (C=O) groups is 1. The number of aliphatic hydroxyl groups is 1. The highest BCUT2D eigenvalue weighted by Gasteiger charge is 2.47. The van der Waals surface area contributed by atoms with Gasteiger partial charge in [-0.15, -0.1) is 0 Å². The maximum atomic E-state index is 14.0. The van der Waals surface area contributed by atoms with Crippen molar-refractivity contribution in [1.82, 2.24) is 0 Å². The Morgan fingerprint density at radius 3 is 2.43 bits per heavy atom. The number of ketones is 1. The van der Waals surface area contributed by atoms with E-state index in [0.717, 1.165) is 21.4 Å². The summed E-state index contributed by atoms with van der Waals surface area (Å²) in [4.78, 5) is 15.8. The minimum atomic E-state index is -0.647. The van der Waals surface area contributed by atoms with E-state index >= 15 is 0 Å². The lowest BCUT2D eigenvalue weighted by Crippen LogP contribution is -2.45. The topological polar surface area (TPSA) is 73.6 Å². The van der Waals surface area contributed by atoms with Crippen LogP contribution < -0.4 is 9.64 Å². The molecule has 0 saturated carbocycles. The number of nitrogens with one attached hydrogen (secondary N) is 1. The predicted octanol–water partition coefficient (Wildman–Crippen LogP) is 7.65. The number of aliphatic hydroxyl groups excluding tert-OH is 1. The number of rotatable bonds is 4. The van der Waals surface area contributed by atoms with Crippen LogP contribution in [0.15, 0.2) is 100 Å². The van der Waals surface area contributed by atoms with Crippen molar-refractivity contribution in [2.45, 2.75) is 32.6 Å². The van der Waals surface area contributed by atoms with E-state index in [0.29, 0.717) is 35.3 Å². The second kappa shape index (κ2) is 9.67. The van der Waals surface area contributed by atoms with Gasteiger partial charge >= 0.3 is 0 Å². The van der Waals surface area contributed by atoms with Crippen LogP contribution in [0, 0.1) is 10.8 Å². The number of para-hydroxylation sites is 1. The van der Waals surface area contributed by atoms with Gasteiger partial charge < -0.3 is 9.84 Å². The molecular weight excluding hydrogens is 528 g/mol. The highest BCUT2D eigenvalue weighted by atomic mass is 79.9. The molecule has 0 radical (unpaired) electrons. The molecule has 1 aliphatic carbocycles. The number of anilines is 1. The summed E-state index contributed by atoms with van der Waals surface area (Å²) in [5, 5.41) is 21.3. The van der Waals surface area contributed by atoms with E-state index in [9.17, 15) is 15.3 Å². The van der Waals surface area contributed by atoms with Gasteiger partial charge in [0.15, 0.2) is 5.78 Å². The van der Waals surface area contributed by atoms with E-state index in [1.807, 2.05) is 83.8 Å². The van der Waals surface area contributed by atoms with Crippen molar-refractivity contribution in [1.29, 1.82) is 5.41 Å². The van der Waals surface area contributed by atoms with E-state index < -0.39 is 5.92 Å². The molecule has 0 bridgehead atoms. The summed E-state index contributed by atoms with van der Waals surface area (Å²) in [6.45, 7) is 4.17. The summed E-state index contributed by atoms with van der Waals surface area (Å²) in [5.41, 5.74) is 3.61. The summed E-state index contributed by atoms with van der Waals surface area (Å²) in [5.74, 6) is 0.100. The lowest BCUT2D eigenvalue weighted by Gasteiger charge is -2.45. The molecule has 2 N–H and O–H groups in total. The molecule has 6 heteroatoms. The van der Waals surface area contributed by atoms with Gasteiger partial charge in [-0.3, -0.25) is 15.1 Å². The average molecular weight is 557 g/mol. The van der Waals surface area contributed by atoms with E-state index in [2.05, 4.69) is 29.8 Å². The van der Waals surface area contributed by atoms with E-state index in [-0.39, 0.29) is 22.8 Å². The van der Waals surface area contributed by atoms with Crippen LogP contribution in [-0.4, -0.2) is 23.8 Å². The molecule has 2 aliphatic rings. The highest BCUT2D eigenvalue weighted by molar-refractivity contribution is 9.10. The molecule has 5 rings (SSSR count). The highest BCUT2D eigenvalue weighted by Crippen LogP contribution is 2.52. The number of halogens is 1. The lowest BCUT2D eigenvalue weighted by molar-refractivity contribution is -0.118. The summed E-state index contributed by atoms with van der Waals surface area (Å²) < 4.78 is 6.59. The van der Waals surface area contributed by atoms with Gasteiger partial charge in [0.1, 0.15) is 17.3 Å². The first-order valence-corrected chi connectivity index (χ1v) is 13.0. The van der Waals surface area contributed by atoms with Gasteiger partial charge in [-0.2, -0.15) is 0 Å². The third-order valence-electron chi connectivity index (χ3n) is 7.04. The van der Waals surface area contributed by atoms with Gasteiger partial charge in [0.25, 0.3) is 0 Å². The second-order valence-electron chi connectivity index (χ2n) is 10.3. The Bertz CT molecular complexity index is 1460. The SMILES string of the molecule is COc1ccccc1C1C2=C(CC(C)(C)CC2=O)N(c2cccc(Br)c2)C(=N)/C1=C(/O)c1ccccc1. The zero-order chi connectivity index (χ0) is 26.3. The third-order valence-corrected chi connectivity index (χ3v) is 7.53. The van der Waals surface area contributed by atoms with Gasteiger partial charge in [-0.25, -0.2) is 0 Å². The molecule has 3 aromatic carbocycles. The van der Waals surface area contributed by atoms with Gasteiger partial charge in [0.2, 0.25) is 0 Å². The first-order chi connectivity index (χ1) is 17.7. The number of amidine groups is 1. The van der Waals surface area contributed by atoms with E-state index in [1.54, 1.807) is 7.11 Å². The first kappa shape index (κ1) is 25.0. The molecule has 3 aromatic rings. The molecule has 1 atom stereocenters. The number of methoxy groups -OCH3 is 1. The largest absolute Gasteiger partial charge is 0.507 e. The smallest absolute Gasteiger partial charge is 0.162 e. The number of hydrogen-bond donors (Lipinski definition) is 2. The molecule has 0 spiro atoms. The summed E-state index contributed by atoms with van der Waals surface area (Å²) >= 11 is 3.56. The number of benzene rings is 3. The number of ether oxygens (including phenoxy) is 1. The molecule has 0 fully saturated rings. The molecule has 0 aromatic heterocycles. The van der Waals surface area contributed by atoms with Crippen molar-refractivity contribution >= 4 is 39.0 Å². The zero-order valence-corrected chi connectivity index (χ0v) is 22.7. The maximum absolute atomic E-state index is 14.0. The Morgan fingerprint density at radius 1 is 1.03 bits per heavy atom. The fourth-order valence-electron chi connectivity index (χ4n) is 5.48. The summed E-state index contributed by atoms with van der Waals surface area (Å²) in [6.07, 6.45) is 1.00. The van der Waals surface area contributed by atoms with E-state index in [1.165, 1.54) is 0 Å². The Hall–Kier alpha value is -3.64. The monoisotopic (exact) mass is 556 g/mol. The van der Waals surface area contributed by atoms with Crippen LogP contribution in [0.4, 0.5) is 5.69 Å². The fraction of sp³-hybridized carbons (Fsp3) is 0.226. The Morgan fingerprint density at radius 2 is 1.73 bits per heavy atom. The van der Waals surface area contributed by atoms with Crippen LogP contribution in [0.5, 0.6) is 5.75 Å². The molecule has 188 valence electrons. The average Bonchev–Trinajstić information content (AvgIpc) is 2.87. The number of hydrogen-bond acceptors (Lipinski definition) is 4. The molecule has 1 aliphatic heterocycles. The molecular formula is C31H29BrN2O3. The maximum Gasteiger partial charge on any atom is 0.162 e. The fourth-order valence-corrected chi connectivity index (χ4v) is 5.87. The number of Topliss-reactive ketones (excluding diaryl/α,β-unsaturated/α-hetero) is 1. The third kappa shape index (κ3) is 4.51. The van der Waals surface area contributed by atoms with Crippen molar-refractivity contribution < 1.29 is 14.6 Å². The van der Waals surface area contributed by atoms with Crippen LogP contribution in [0.2, 0.25) is 0 Å². The van der Waals surface area contributed by atoms with Crippen molar-refractivity contribution in [3.8, 4) is 5.75 Å². The van der Waals surface area contributed by atoms with Crippen molar-refractivity contribution in [2.75, 3.05) is 12.0 Å². The standard InChI is InChI=1S/C31H29BrN2O3/c1-31(2)17-23-27(24(35)18-31)26(22-14-7-8-15-25(22)37-3)28(29(36)19-10-5-4-6-11-19)30(33)34(23)21-13-9-12-20(32)16-21/h4-16,26,33,36H,17-18H2,1-3H3/b29-28+,33-30?. The van der Waals surface area contributed by atoms with Crippen molar-refractivity contribution in [3.63, 3.8) is 0 Å². The predicted molar refractivity (Wildman–Crippen MR) is 151 cm³/mol. The summed E-state index contributed by atoms with van der Waals surface area (Å²) in [6, 6.07) is 24.5. The molecule has 1 unspecified atom stereocenters. The zero-order valence-electron chi connectivity index (χ0n) is 21.1. The van der Waals surface area contributed by atoms with Crippen molar-refractivity contribution in [2.24, 2.45) is 5.41 Å². The minimum absolute atomic E-state index is 0.0213. The lowest BCUT2D eigenvalue weighted by atomic mass is 9.67. The van der Waals surface area contributed by atoms with E-state index in [4.69, 9.17) is 4.74 Å². The van der Waals surface area contributed by atoms with Crippen LogP contribution in [0.1, 0.15) is 43.7 Å². The Balaban J connectivity index is 1.89. The van der Waals surface area contributed by atoms with Gasteiger partial charge in [0, 0.05) is 44.6 Å². The number of allylic oxidation sites excluding steroid dienone is 2. The number of nitrogens with zero attached hydrogens (tertiary/aromatic N) is 1. The minimum Gasteiger partial charge on any atom is -0.507 e. The molecule has 5 nitrogen and oxygen atoms in total. The van der Waals surface area contributed by atoms with Crippen LogP contribution in [-0.2, 0) is 4.79 Å². The molecule has 37 heavy (non-hydrogen) atoms. The molecule has 0 saturated heterocycles. The number of carbonyl (C=O) groups excluding carboxylic acids is 1. The normalized spacial score (nSPS) is 20.5.